The van der Waals surface area contributed by atoms with Crippen LogP contribution in [0.5, 0.6) is 5.75 Å². The van der Waals surface area contributed by atoms with E-state index < -0.39 is 0 Å². The molecule has 0 unspecified atom stereocenters. The molecule has 0 atom stereocenters. The normalized spacial score (nSPS) is 10.6. The van der Waals surface area contributed by atoms with Crippen LogP contribution in [0, 0.1) is 0 Å². The Morgan fingerprint density at radius 2 is 2.11 bits per heavy atom. The van der Waals surface area contributed by atoms with Crippen LogP contribution < -0.4 is 10.1 Å². The summed E-state index contributed by atoms with van der Waals surface area (Å²) in [6.45, 7) is 0.706. The fraction of sp³-hybridized carbons (Fsp3) is 0.133. The van der Waals surface area contributed by atoms with Crippen LogP contribution >= 0.6 is 11.3 Å². The molecule has 19 heavy (non-hydrogen) atoms. The molecule has 1 N–H and O–H groups in total. The fourth-order valence-corrected chi connectivity index (χ4v) is 2.69. The van der Waals surface area contributed by atoms with Crippen LogP contribution in [0.4, 0.5) is 5.13 Å². The number of hydrogen-bond acceptors (Lipinski definition) is 4. The van der Waals surface area contributed by atoms with Crippen molar-refractivity contribution in [2.45, 2.75) is 6.54 Å². The molecular weight excluding hydrogens is 256 g/mol. The van der Waals surface area contributed by atoms with Crippen molar-refractivity contribution in [1.82, 2.24) is 4.98 Å². The molecule has 3 nitrogen and oxygen atoms in total. The van der Waals surface area contributed by atoms with Gasteiger partial charge in [0.05, 0.1) is 7.11 Å². The van der Waals surface area contributed by atoms with Crippen molar-refractivity contribution in [2.75, 3.05) is 12.4 Å². The first kappa shape index (κ1) is 12.0. The van der Waals surface area contributed by atoms with Crippen LogP contribution in [0.2, 0.25) is 0 Å². The Balaban J connectivity index is 1.99. The van der Waals surface area contributed by atoms with Gasteiger partial charge in [0, 0.05) is 23.7 Å². The van der Waals surface area contributed by atoms with Gasteiger partial charge in [0.25, 0.3) is 0 Å². The number of methoxy groups -OCH3 is 1. The first-order valence-corrected chi connectivity index (χ1v) is 6.94. The highest BCUT2D eigenvalue weighted by atomic mass is 32.1. The number of fused-ring (bicyclic) bond motifs is 1. The van der Waals surface area contributed by atoms with Crippen molar-refractivity contribution in [1.29, 1.82) is 0 Å². The number of aromatic nitrogens is 1. The van der Waals surface area contributed by atoms with E-state index in [1.54, 1.807) is 24.6 Å². The first-order valence-electron chi connectivity index (χ1n) is 6.06. The number of anilines is 1. The number of rotatable bonds is 4. The molecule has 1 heterocycles. The van der Waals surface area contributed by atoms with E-state index in [2.05, 4.69) is 34.6 Å². The summed E-state index contributed by atoms with van der Waals surface area (Å²) < 4.78 is 5.47. The smallest absolute Gasteiger partial charge is 0.182 e. The van der Waals surface area contributed by atoms with Gasteiger partial charge in [-0.15, -0.1) is 11.3 Å². The van der Waals surface area contributed by atoms with E-state index in [4.69, 9.17) is 4.74 Å². The molecule has 3 rings (SSSR count). The molecular formula is C15H14N2OS. The lowest BCUT2D eigenvalue weighted by molar-refractivity contribution is 0.411. The lowest BCUT2D eigenvalue weighted by atomic mass is 10.0. The maximum Gasteiger partial charge on any atom is 0.182 e. The van der Waals surface area contributed by atoms with Gasteiger partial charge in [0.1, 0.15) is 5.75 Å². The third-order valence-electron chi connectivity index (χ3n) is 3.07. The SMILES string of the molecule is COc1ccc2ccccc2c1CNc1nccs1. The first-order chi connectivity index (χ1) is 9.38. The van der Waals surface area contributed by atoms with Gasteiger partial charge in [-0.2, -0.15) is 0 Å². The number of ether oxygens (including phenoxy) is 1. The van der Waals surface area contributed by atoms with Gasteiger partial charge in [-0.25, -0.2) is 4.98 Å². The summed E-state index contributed by atoms with van der Waals surface area (Å²) >= 11 is 1.60. The highest BCUT2D eigenvalue weighted by molar-refractivity contribution is 7.13. The van der Waals surface area contributed by atoms with E-state index in [1.165, 1.54) is 10.8 Å². The zero-order valence-corrected chi connectivity index (χ0v) is 11.4. The predicted octanol–water partition coefficient (Wildman–Crippen LogP) is 3.92. The van der Waals surface area contributed by atoms with Gasteiger partial charge in [0.15, 0.2) is 5.13 Å². The number of hydrogen-bond donors (Lipinski definition) is 1. The molecule has 0 aliphatic carbocycles. The average Bonchev–Trinajstić information content (AvgIpc) is 2.97. The van der Waals surface area contributed by atoms with Crippen LogP contribution in [0.1, 0.15) is 5.56 Å². The van der Waals surface area contributed by atoms with Crippen molar-refractivity contribution in [3.05, 3.63) is 53.5 Å². The van der Waals surface area contributed by atoms with Crippen LogP contribution in [0.25, 0.3) is 10.8 Å². The van der Waals surface area contributed by atoms with Crippen molar-refractivity contribution in [3.63, 3.8) is 0 Å². The van der Waals surface area contributed by atoms with Crippen molar-refractivity contribution >= 4 is 27.2 Å². The van der Waals surface area contributed by atoms with Gasteiger partial charge in [-0.1, -0.05) is 30.3 Å². The highest BCUT2D eigenvalue weighted by Gasteiger charge is 2.08. The molecule has 0 amide bonds. The lowest BCUT2D eigenvalue weighted by Crippen LogP contribution is -2.02. The molecule has 0 aliphatic heterocycles. The second-order valence-electron chi connectivity index (χ2n) is 4.16. The Bertz CT molecular complexity index is 680. The molecule has 0 saturated carbocycles. The second kappa shape index (κ2) is 5.28. The Morgan fingerprint density at radius 1 is 1.21 bits per heavy atom. The molecule has 2 aromatic carbocycles. The number of nitrogens with zero attached hydrogens (tertiary/aromatic N) is 1. The Kier molecular flexibility index (Phi) is 3.33. The topological polar surface area (TPSA) is 34.1 Å². The van der Waals surface area contributed by atoms with Crippen LogP contribution in [-0.2, 0) is 6.54 Å². The minimum Gasteiger partial charge on any atom is -0.496 e. The van der Waals surface area contributed by atoms with Gasteiger partial charge in [-0.05, 0) is 16.8 Å². The molecule has 4 heteroatoms. The van der Waals surface area contributed by atoms with Crippen molar-refractivity contribution < 1.29 is 4.74 Å². The van der Waals surface area contributed by atoms with E-state index in [1.807, 2.05) is 17.5 Å². The summed E-state index contributed by atoms with van der Waals surface area (Å²) in [5.74, 6) is 0.905. The average molecular weight is 270 g/mol. The standard InChI is InChI=1S/C15H14N2OS/c1-18-14-7-6-11-4-2-3-5-12(11)13(14)10-17-15-16-8-9-19-15/h2-9H,10H2,1H3,(H,16,17). The summed E-state index contributed by atoms with van der Waals surface area (Å²) in [5, 5.41) is 8.66. The predicted molar refractivity (Wildman–Crippen MR) is 79.9 cm³/mol. The molecule has 0 radical (unpaired) electrons. The monoisotopic (exact) mass is 270 g/mol. The van der Waals surface area contributed by atoms with Gasteiger partial charge in [-0.3, -0.25) is 0 Å². The summed E-state index contributed by atoms with van der Waals surface area (Å²) in [7, 11) is 1.71. The van der Waals surface area contributed by atoms with Crippen LogP contribution in [0.3, 0.4) is 0 Å². The maximum absolute atomic E-state index is 5.47. The molecule has 0 spiro atoms. The molecule has 0 saturated heterocycles. The largest absolute Gasteiger partial charge is 0.496 e. The number of thiazole rings is 1. The zero-order valence-electron chi connectivity index (χ0n) is 10.6. The van der Waals surface area contributed by atoms with E-state index in [0.717, 1.165) is 16.4 Å². The lowest BCUT2D eigenvalue weighted by Gasteiger charge is -2.12. The van der Waals surface area contributed by atoms with Crippen molar-refractivity contribution in [2.24, 2.45) is 0 Å². The van der Waals surface area contributed by atoms with Gasteiger partial charge >= 0.3 is 0 Å². The van der Waals surface area contributed by atoms with E-state index in [0.29, 0.717) is 6.54 Å². The Labute approximate surface area is 115 Å². The highest BCUT2D eigenvalue weighted by Crippen LogP contribution is 2.28. The quantitative estimate of drug-likeness (QED) is 0.780. The van der Waals surface area contributed by atoms with E-state index >= 15 is 0 Å². The molecule has 0 fully saturated rings. The summed E-state index contributed by atoms with van der Waals surface area (Å²) in [6.07, 6.45) is 1.80. The maximum atomic E-state index is 5.47. The summed E-state index contributed by atoms with van der Waals surface area (Å²) in [6, 6.07) is 12.4. The molecule has 1 aromatic heterocycles. The van der Waals surface area contributed by atoms with Crippen LogP contribution in [0.15, 0.2) is 48.0 Å². The molecule has 96 valence electrons. The zero-order chi connectivity index (χ0) is 13.1. The number of benzene rings is 2. The minimum absolute atomic E-state index is 0.706. The van der Waals surface area contributed by atoms with Crippen molar-refractivity contribution in [3.8, 4) is 5.75 Å². The minimum atomic E-state index is 0.706. The fourth-order valence-electron chi connectivity index (χ4n) is 2.16. The third kappa shape index (κ3) is 2.39. The molecule has 3 aromatic rings. The number of nitrogens with one attached hydrogen (secondary N) is 1. The van der Waals surface area contributed by atoms with E-state index in [9.17, 15) is 0 Å². The third-order valence-corrected chi connectivity index (χ3v) is 3.80. The summed E-state index contributed by atoms with van der Waals surface area (Å²) in [5.41, 5.74) is 1.16. The molecule has 0 aliphatic rings. The Hall–Kier alpha value is -2.07. The molecule has 0 bridgehead atoms. The second-order valence-corrected chi connectivity index (χ2v) is 5.05. The van der Waals surface area contributed by atoms with Gasteiger partial charge < -0.3 is 10.1 Å². The van der Waals surface area contributed by atoms with E-state index in [-0.39, 0.29) is 0 Å². The van der Waals surface area contributed by atoms with Gasteiger partial charge in [0.2, 0.25) is 0 Å². The Morgan fingerprint density at radius 3 is 2.89 bits per heavy atom. The summed E-state index contributed by atoms with van der Waals surface area (Å²) in [4.78, 5) is 4.23. The van der Waals surface area contributed by atoms with Crippen LogP contribution in [-0.4, -0.2) is 12.1 Å².